The van der Waals surface area contributed by atoms with Crippen LogP contribution in [0.1, 0.15) is 28.0 Å². The van der Waals surface area contributed by atoms with Gasteiger partial charge >= 0.3 is 6.18 Å². The Kier molecular flexibility index (Phi) is 4.21. The zero-order valence-corrected chi connectivity index (χ0v) is 13.0. The summed E-state index contributed by atoms with van der Waals surface area (Å²) < 4.78 is 37.8. The van der Waals surface area contributed by atoms with E-state index in [0.717, 1.165) is 24.2 Å². The molecule has 1 aromatic heterocycles. The molecule has 0 saturated carbocycles. The van der Waals surface area contributed by atoms with Crippen LogP contribution in [0, 0.1) is 6.92 Å². The predicted molar refractivity (Wildman–Crippen MR) is 82.9 cm³/mol. The summed E-state index contributed by atoms with van der Waals surface area (Å²) in [5.74, 6) is -0.194. The third kappa shape index (κ3) is 3.37. The molecule has 0 spiro atoms. The molecule has 5 nitrogen and oxygen atoms in total. The zero-order valence-electron chi connectivity index (χ0n) is 13.0. The van der Waals surface area contributed by atoms with Gasteiger partial charge in [-0.3, -0.25) is 9.89 Å². The fraction of sp³-hybridized carbons (Fsp3) is 0.375. The lowest BCUT2D eigenvalue weighted by molar-refractivity contribution is -0.137. The summed E-state index contributed by atoms with van der Waals surface area (Å²) in [5.41, 5.74) is 1.26. The molecule has 1 amide bonds. The number of carbonyl (C=O) groups excluding carboxylic acids is 1. The van der Waals surface area contributed by atoms with Crippen molar-refractivity contribution in [2.24, 2.45) is 0 Å². The first kappa shape index (κ1) is 16.4. The summed E-state index contributed by atoms with van der Waals surface area (Å²) in [6.07, 6.45) is -2.11. The number of nitrogens with one attached hydrogen (secondary N) is 2. The van der Waals surface area contributed by atoms with Crippen LogP contribution >= 0.6 is 0 Å². The first-order chi connectivity index (χ1) is 11.3. The van der Waals surface area contributed by atoms with Crippen molar-refractivity contribution in [1.29, 1.82) is 0 Å². The molecule has 1 saturated heterocycles. The van der Waals surface area contributed by atoms with E-state index >= 15 is 0 Å². The van der Waals surface area contributed by atoms with Crippen LogP contribution in [0.2, 0.25) is 0 Å². The van der Waals surface area contributed by atoms with Crippen molar-refractivity contribution < 1.29 is 18.0 Å². The highest BCUT2D eigenvalue weighted by molar-refractivity contribution is 5.95. The minimum atomic E-state index is -4.33. The van der Waals surface area contributed by atoms with E-state index in [2.05, 4.69) is 15.5 Å². The van der Waals surface area contributed by atoms with Gasteiger partial charge in [-0.25, -0.2) is 0 Å². The van der Waals surface area contributed by atoms with Gasteiger partial charge in [-0.05, 0) is 37.6 Å². The molecule has 1 fully saturated rings. The average molecular weight is 338 g/mol. The van der Waals surface area contributed by atoms with Gasteiger partial charge in [-0.2, -0.15) is 18.3 Å². The molecule has 0 aliphatic carbocycles. The summed E-state index contributed by atoms with van der Waals surface area (Å²) in [6, 6.07) is 5.04. The standard InChI is InChI=1S/C16H17F3N4O/c1-10-14(8-20-22-10)15(24)21-12-6-7-23(9-12)13-4-2-11(3-5-13)16(17,18)19/h2-5,8,12H,6-7,9H2,1H3,(H,20,22)(H,21,24)/t12-/m1/s1. The van der Waals surface area contributed by atoms with E-state index in [1.54, 1.807) is 6.92 Å². The van der Waals surface area contributed by atoms with Crippen LogP contribution in [-0.2, 0) is 6.18 Å². The molecule has 1 atom stereocenters. The smallest absolute Gasteiger partial charge is 0.369 e. The summed E-state index contributed by atoms with van der Waals surface area (Å²) in [4.78, 5) is 14.1. The lowest BCUT2D eigenvalue weighted by Gasteiger charge is -2.19. The summed E-state index contributed by atoms with van der Waals surface area (Å²) in [5, 5.41) is 9.47. The second kappa shape index (κ2) is 6.18. The Hall–Kier alpha value is -2.51. The number of amides is 1. The minimum Gasteiger partial charge on any atom is -0.369 e. The van der Waals surface area contributed by atoms with Crippen molar-refractivity contribution in [3.05, 3.63) is 47.3 Å². The van der Waals surface area contributed by atoms with Gasteiger partial charge in [-0.15, -0.1) is 0 Å². The highest BCUT2D eigenvalue weighted by Gasteiger charge is 2.31. The Morgan fingerprint density at radius 1 is 1.33 bits per heavy atom. The molecular weight excluding hydrogens is 321 g/mol. The van der Waals surface area contributed by atoms with Crippen molar-refractivity contribution >= 4 is 11.6 Å². The Balaban J connectivity index is 1.61. The van der Waals surface area contributed by atoms with Crippen molar-refractivity contribution in [2.45, 2.75) is 25.6 Å². The molecule has 8 heteroatoms. The number of hydrogen-bond donors (Lipinski definition) is 2. The maximum absolute atomic E-state index is 12.6. The quantitative estimate of drug-likeness (QED) is 0.905. The average Bonchev–Trinajstić information content (AvgIpc) is 3.15. The lowest BCUT2D eigenvalue weighted by atomic mass is 10.2. The van der Waals surface area contributed by atoms with Crippen LogP contribution in [0.25, 0.3) is 0 Å². The highest BCUT2D eigenvalue weighted by Crippen LogP contribution is 2.31. The first-order valence-corrected chi connectivity index (χ1v) is 7.57. The lowest BCUT2D eigenvalue weighted by Crippen LogP contribution is -2.37. The molecule has 1 aromatic carbocycles. The molecule has 128 valence electrons. The van der Waals surface area contributed by atoms with Crippen LogP contribution in [0.4, 0.5) is 18.9 Å². The highest BCUT2D eigenvalue weighted by atomic mass is 19.4. The maximum atomic E-state index is 12.6. The number of hydrogen-bond acceptors (Lipinski definition) is 3. The summed E-state index contributed by atoms with van der Waals surface area (Å²) in [6.45, 7) is 3.01. The van der Waals surface area contributed by atoms with Gasteiger partial charge < -0.3 is 10.2 Å². The van der Waals surface area contributed by atoms with E-state index in [1.807, 2.05) is 4.90 Å². The third-order valence-corrected chi connectivity index (χ3v) is 4.16. The Morgan fingerprint density at radius 3 is 2.62 bits per heavy atom. The number of carbonyl (C=O) groups is 1. The number of rotatable bonds is 3. The van der Waals surface area contributed by atoms with Crippen LogP contribution in [0.5, 0.6) is 0 Å². The molecule has 1 aliphatic rings. The van der Waals surface area contributed by atoms with Gasteiger partial charge in [0.25, 0.3) is 5.91 Å². The fourth-order valence-corrected chi connectivity index (χ4v) is 2.82. The van der Waals surface area contributed by atoms with Crippen LogP contribution in [0.15, 0.2) is 30.5 Å². The third-order valence-electron chi connectivity index (χ3n) is 4.16. The Bertz CT molecular complexity index is 724. The number of aryl methyl sites for hydroxylation is 1. The number of aromatic nitrogens is 2. The maximum Gasteiger partial charge on any atom is 0.416 e. The Morgan fingerprint density at radius 2 is 2.04 bits per heavy atom. The molecule has 0 unspecified atom stereocenters. The van der Waals surface area contributed by atoms with E-state index in [1.165, 1.54) is 18.3 Å². The molecule has 2 heterocycles. The molecule has 24 heavy (non-hydrogen) atoms. The molecule has 1 aliphatic heterocycles. The van der Waals surface area contributed by atoms with E-state index < -0.39 is 11.7 Å². The molecule has 0 bridgehead atoms. The van der Waals surface area contributed by atoms with Gasteiger partial charge in [0.1, 0.15) is 0 Å². The van der Waals surface area contributed by atoms with Crippen molar-refractivity contribution in [3.8, 4) is 0 Å². The van der Waals surface area contributed by atoms with Gasteiger partial charge in [0.05, 0.1) is 17.3 Å². The summed E-state index contributed by atoms with van der Waals surface area (Å²) in [7, 11) is 0. The van der Waals surface area contributed by atoms with Crippen molar-refractivity contribution in [1.82, 2.24) is 15.5 Å². The number of halogens is 3. The predicted octanol–water partition coefficient (Wildman–Crippen LogP) is 2.75. The first-order valence-electron chi connectivity index (χ1n) is 7.57. The van der Waals surface area contributed by atoms with Gasteiger partial charge in [0, 0.05) is 30.5 Å². The van der Waals surface area contributed by atoms with Crippen LogP contribution in [0.3, 0.4) is 0 Å². The van der Waals surface area contributed by atoms with Gasteiger partial charge in [-0.1, -0.05) is 0 Å². The van der Waals surface area contributed by atoms with Crippen LogP contribution in [-0.4, -0.2) is 35.2 Å². The monoisotopic (exact) mass is 338 g/mol. The van der Waals surface area contributed by atoms with Crippen LogP contribution < -0.4 is 10.2 Å². The minimum absolute atomic E-state index is 0.0471. The Labute approximate surface area is 136 Å². The molecule has 3 rings (SSSR count). The number of benzene rings is 1. The topological polar surface area (TPSA) is 61.0 Å². The SMILES string of the molecule is Cc1[nH]ncc1C(=O)N[C@@H]1CCN(c2ccc(C(F)(F)F)cc2)C1. The molecule has 0 radical (unpaired) electrons. The summed E-state index contributed by atoms with van der Waals surface area (Å²) >= 11 is 0. The number of H-pyrrole nitrogens is 1. The second-order valence-electron chi connectivity index (χ2n) is 5.86. The molecular formula is C16H17F3N4O. The van der Waals surface area contributed by atoms with E-state index in [0.29, 0.717) is 24.3 Å². The normalized spacial score (nSPS) is 18.0. The largest absolute Gasteiger partial charge is 0.416 e. The fourth-order valence-electron chi connectivity index (χ4n) is 2.82. The number of nitrogens with zero attached hydrogens (tertiary/aromatic N) is 2. The number of anilines is 1. The molecule has 2 aromatic rings. The van der Waals surface area contributed by atoms with Gasteiger partial charge in [0.2, 0.25) is 0 Å². The van der Waals surface area contributed by atoms with E-state index in [-0.39, 0.29) is 11.9 Å². The van der Waals surface area contributed by atoms with Gasteiger partial charge in [0.15, 0.2) is 0 Å². The second-order valence-corrected chi connectivity index (χ2v) is 5.86. The number of alkyl halides is 3. The molecule has 2 N–H and O–H groups in total. The van der Waals surface area contributed by atoms with E-state index in [9.17, 15) is 18.0 Å². The van der Waals surface area contributed by atoms with Crippen molar-refractivity contribution in [2.75, 3.05) is 18.0 Å². The zero-order chi connectivity index (χ0) is 17.3. The van der Waals surface area contributed by atoms with E-state index in [4.69, 9.17) is 0 Å². The number of aromatic amines is 1. The van der Waals surface area contributed by atoms with Crippen molar-refractivity contribution in [3.63, 3.8) is 0 Å².